The summed E-state index contributed by atoms with van der Waals surface area (Å²) >= 11 is 4.91. The molecule has 1 fully saturated rings. The van der Waals surface area contributed by atoms with E-state index < -0.39 is 29.7 Å². The summed E-state index contributed by atoms with van der Waals surface area (Å²) in [7, 11) is 0. The van der Waals surface area contributed by atoms with Gasteiger partial charge in [-0.15, -0.1) is 0 Å². The van der Waals surface area contributed by atoms with Gasteiger partial charge in [-0.3, -0.25) is 14.3 Å². The summed E-state index contributed by atoms with van der Waals surface area (Å²) in [5.41, 5.74) is 5.67. The van der Waals surface area contributed by atoms with Gasteiger partial charge >= 0.3 is 5.69 Å². The fraction of sp³-hybridized carbons (Fsp3) is 0.357. The van der Waals surface area contributed by atoms with Crippen molar-refractivity contribution in [1.82, 2.24) is 29.5 Å². The topological polar surface area (TPSA) is 188 Å². The predicted octanol–water partition coefficient (Wildman–Crippen LogP) is -1.23. The van der Waals surface area contributed by atoms with Crippen molar-refractivity contribution in [3.63, 3.8) is 0 Å². The van der Waals surface area contributed by atoms with Gasteiger partial charge < -0.3 is 30.7 Å². The van der Waals surface area contributed by atoms with Crippen molar-refractivity contribution >= 4 is 29.3 Å². The van der Waals surface area contributed by atoms with Gasteiger partial charge in [0.2, 0.25) is 5.95 Å². The van der Waals surface area contributed by atoms with E-state index in [4.69, 9.17) is 27.8 Å². The quantitative estimate of drug-likeness (QED) is 0.289. The van der Waals surface area contributed by atoms with Crippen molar-refractivity contribution in [1.29, 1.82) is 0 Å². The zero-order chi connectivity index (χ0) is 19.6. The third-order valence-electron chi connectivity index (χ3n) is 3.87. The second-order valence-electron chi connectivity index (χ2n) is 5.69. The second kappa shape index (κ2) is 7.79. The summed E-state index contributed by atoms with van der Waals surface area (Å²) in [5.74, 6) is 0.287. The van der Waals surface area contributed by atoms with Crippen LogP contribution in [-0.4, -0.2) is 58.5 Å². The molecule has 0 bridgehead atoms. The molecule has 0 saturated carbocycles. The molecule has 3 atom stereocenters. The number of imidazole rings is 1. The molecule has 1 aliphatic rings. The molecule has 0 aliphatic carbocycles. The van der Waals surface area contributed by atoms with Gasteiger partial charge in [-0.05, 0) is 0 Å². The number of aliphatic hydroxyl groups excluding tert-OH is 2. The Balaban J connectivity index is 0.000000166. The summed E-state index contributed by atoms with van der Waals surface area (Å²) < 4.78 is 6.89. The van der Waals surface area contributed by atoms with Gasteiger partial charge in [0.15, 0.2) is 10.3 Å². The Morgan fingerprint density at radius 2 is 2.19 bits per heavy atom. The zero-order valence-electron chi connectivity index (χ0n) is 13.8. The Hall–Kier alpha value is -2.87. The number of anilines is 1. The van der Waals surface area contributed by atoms with E-state index in [0.717, 1.165) is 0 Å². The van der Waals surface area contributed by atoms with Crippen LogP contribution in [0.2, 0.25) is 0 Å². The van der Waals surface area contributed by atoms with Gasteiger partial charge in [-0.2, -0.15) is 0 Å². The molecule has 4 rings (SSSR count). The van der Waals surface area contributed by atoms with Crippen LogP contribution in [0.15, 0.2) is 28.2 Å². The molecule has 7 N–H and O–H groups in total. The van der Waals surface area contributed by atoms with Crippen LogP contribution in [0, 0.1) is 4.64 Å². The number of nitrogens with two attached hydrogens (primary N) is 1. The van der Waals surface area contributed by atoms with Crippen LogP contribution in [0.5, 0.6) is 0 Å². The molecule has 12 nitrogen and oxygen atoms in total. The van der Waals surface area contributed by atoms with Crippen LogP contribution in [0.4, 0.5) is 5.95 Å². The van der Waals surface area contributed by atoms with E-state index >= 15 is 0 Å². The molecule has 0 amide bonds. The number of nitrogens with zero attached hydrogens (tertiary/aromatic N) is 3. The van der Waals surface area contributed by atoms with Crippen LogP contribution in [0.3, 0.4) is 0 Å². The molecular formula is C14H17N7O5S. The van der Waals surface area contributed by atoms with E-state index in [1.54, 1.807) is 0 Å². The van der Waals surface area contributed by atoms with Crippen molar-refractivity contribution < 1.29 is 14.9 Å². The number of fused-ring (bicyclic) bond motifs is 1. The molecule has 3 aromatic heterocycles. The molecule has 4 heterocycles. The first-order chi connectivity index (χ1) is 12.9. The molecule has 1 saturated heterocycles. The molecule has 144 valence electrons. The number of nitrogens with one attached hydrogen (secondary N) is 3. The van der Waals surface area contributed by atoms with Crippen molar-refractivity contribution in [2.24, 2.45) is 0 Å². The fourth-order valence-electron chi connectivity index (χ4n) is 2.57. The Bertz CT molecular complexity index is 1100. The van der Waals surface area contributed by atoms with Crippen LogP contribution in [0.25, 0.3) is 11.2 Å². The monoisotopic (exact) mass is 395 g/mol. The minimum Gasteiger partial charge on any atom is -0.394 e. The first-order valence-corrected chi connectivity index (χ1v) is 8.24. The number of aliphatic hydroxyl groups is 2. The van der Waals surface area contributed by atoms with E-state index in [-0.39, 0.29) is 19.0 Å². The molecule has 1 aliphatic heterocycles. The predicted molar refractivity (Wildman–Crippen MR) is 96.4 cm³/mol. The highest BCUT2D eigenvalue weighted by Gasteiger charge is 2.34. The van der Waals surface area contributed by atoms with Crippen LogP contribution in [0.1, 0.15) is 12.6 Å². The smallest absolute Gasteiger partial charge is 0.330 e. The minimum atomic E-state index is -0.811. The molecule has 0 aromatic carbocycles. The van der Waals surface area contributed by atoms with Gasteiger partial charge in [0, 0.05) is 18.7 Å². The lowest BCUT2D eigenvalue weighted by atomic mass is 10.2. The highest BCUT2D eigenvalue weighted by atomic mass is 32.1. The van der Waals surface area contributed by atoms with Crippen molar-refractivity contribution in [2.45, 2.75) is 24.9 Å². The summed E-state index contributed by atoms with van der Waals surface area (Å²) in [5, 5.41) is 18.4. The molecule has 3 aromatic rings. The summed E-state index contributed by atoms with van der Waals surface area (Å²) in [6.45, 7) is -0.310. The third kappa shape index (κ3) is 4.11. The maximum atomic E-state index is 11.4. The fourth-order valence-corrected chi connectivity index (χ4v) is 2.82. The Labute approximate surface area is 155 Å². The van der Waals surface area contributed by atoms with Gasteiger partial charge in [0.1, 0.15) is 17.8 Å². The number of aromatic amines is 3. The lowest BCUT2D eigenvalue weighted by molar-refractivity contribution is -0.0459. The Kier molecular flexibility index (Phi) is 5.46. The first kappa shape index (κ1) is 18.9. The number of aromatic nitrogens is 6. The third-order valence-corrected chi connectivity index (χ3v) is 4.16. The lowest BCUT2D eigenvalue weighted by Crippen LogP contribution is -2.31. The maximum Gasteiger partial charge on any atom is 0.330 e. The standard InChI is InChI=1S/C9H12N2O5.C5H5N5S/c12-4-6-5(13)3-8(16-6)11-2-1-7(14)10-9(11)15;6-5-9-3-2(4(11)10-5)7-1-8-3/h1-2,5-6,8,12-13H,3-4H2,(H,10,14,15);1H,(H4,6,7,8,9,10,11)/t5-,6+,8+;/m0./s1. The summed E-state index contributed by atoms with van der Waals surface area (Å²) in [4.78, 5) is 37.7. The van der Waals surface area contributed by atoms with E-state index in [2.05, 4.69) is 24.9 Å². The number of nitrogen functional groups attached to an aromatic ring is 1. The minimum absolute atomic E-state index is 0.206. The summed E-state index contributed by atoms with van der Waals surface area (Å²) in [6, 6.07) is 1.20. The van der Waals surface area contributed by atoms with Gasteiger partial charge in [0.25, 0.3) is 5.56 Å². The van der Waals surface area contributed by atoms with Gasteiger partial charge in [-0.25, -0.2) is 14.8 Å². The van der Waals surface area contributed by atoms with E-state index in [1.165, 1.54) is 23.2 Å². The van der Waals surface area contributed by atoms with E-state index in [0.29, 0.717) is 15.8 Å². The highest BCUT2D eigenvalue weighted by molar-refractivity contribution is 7.71. The number of hydrogen-bond acceptors (Lipinski definition) is 9. The largest absolute Gasteiger partial charge is 0.394 e. The zero-order valence-corrected chi connectivity index (χ0v) is 14.6. The number of rotatable bonds is 2. The molecule has 0 radical (unpaired) electrons. The number of hydrogen-bond donors (Lipinski definition) is 6. The molecule has 0 unspecified atom stereocenters. The van der Waals surface area contributed by atoms with Crippen LogP contribution < -0.4 is 17.0 Å². The summed E-state index contributed by atoms with van der Waals surface area (Å²) in [6.07, 6.45) is 0.891. The van der Waals surface area contributed by atoms with Crippen LogP contribution in [-0.2, 0) is 4.74 Å². The Morgan fingerprint density at radius 3 is 2.85 bits per heavy atom. The molecule has 27 heavy (non-hydrogen) atoms. The van der Waals surface area contributed by atoms with Gasteiger partial charge in [-0.1, -0.05) is 12.2 Å². The highest BCUT2D eigenvalue weighted by Crippen LogP contribution is 2.26. The van der Waals surface area contributed by atoms with E-state index in [1.807, 2.05) is 0 Å². The van der Waals surface area contributed by atoms with Crippen LogP contribution >= 0.6 is 12.2 Å². The normalized spacial score (nSPS) is 21.8. The lowest BCUT2D eigenvalue weighted by Gasteiger charge is -2.13. The average molecular weight is 395 g/mol. The number of ether oxygens (including phenoxy) is 1. The van der Waals surface area contributed by atoms with Crippen molar-refractivity contribution in [3.8, 4) is 0 Å². The van der Waals surface area contributed by atoms with E-state index in [9.17, 15) is 14.7 Å². The second-order valence-corrected chi connectivity index (χ2v) is 6.07. The first-order valence-electron chi connectivity index (χ1n) is 7.83. The maximum absolute atomic E-state index is 11.4. The van der Waals surface area contributed by atoms with Gasteiger partial charge in [0.05, 0.1) is 19.0 Å². The number of H-pyrrole nitrogens is 3. The van der Waals surface area contributed by atoms with Crippen molar-refractivity contribution in [3.05, 3.63) is 44.1 Å². The SMILES string of the molecule is Nc1nc(=S)c2[nH]cnc2[nH]1.O=c1ccn([C@H]2C[C@H](O)[C@@H](CO)O2)c(=O)[nH]1. The Morgan fingerprint density at radius 1 is 1.41 bits per heavy atom. The average Bonchev–Trinajstić information content (AvgIpc) is 3.21. The molecular weight excluding hydrogens is 378 g/mol. The molecule has 13 heteroatoms. The van der Waals surface area contributed by atoms with Crippen molar-refractivity contribution in [2.75, 3.05) is 12.3 Å². The molecule has 0 spiro atoms.